The van der Waals surface area contributed by atoms with Crippen molar-refractivity contribution in [2.45, 2.75) is 13.8 Å². The second kappa shape index (κ2) is 8.35. The van der Waals surface area contributed by atoms with E-state index in [1.165, 1.54) is 0 Å². The van der Waals surface area contributed by atoms with Crippen LogP contribution in [-0.2, 0) is 4.79 Å². The molecule has 6 nitrogen and oxygen atoms in total. The molecule has 0 atom stereocenters. The smallest absolute Gasteiger partial charge is 0.333 e. The van der Waals surface area contributed by atoms with E-state index in [9.17, 15) is 9.59 Å². The van der Waals surface area contributed by atoms with Crippen molar-refractivity contribution >= 4 is 41.0 Å². The zero-order valence-corrected chi connectivity index (χ0v) is 16.8. The first-order valence-corrected chi connectivity index (χ1v) is 9.42. The van der Waals surface area contributed by atoms with Crippen molar-refractivity contribution in [3.8, 4) is 5.75 Å². The van der Waals surface area contributed by atoms with Crippen LogP contribution in [0.3, 0.4) is 0 Å². The Morgan fingerprint density at radius 3 is 2.39 bits per heavy atom. The van der Waals surface area contributed by atoms with Crippen LogP contribution in [-0.4, -0.2) is 32.1 Å². The Labute approximate surface area is 169 Å². The standard InChI is InChI=1S/C21H22ClN3O3/c1-4-24(5-2)17-9-6-14(19(13-17)28-3)12-18-20(26)25(21(27)23-18)16-10-7-15(22)8-11-16/h6-13H,4-5H2,1-3H3,(H,23,27)/b18-12+. The number of anilines is 2. The van der Waals surface area contributed by atoms with E-state index in [1.54, 1.807) is 37.5 Å². The van der Waals surface area contributed by atoms with Crippen LogP contribution < -0.4 is 19.9 Å². The lowest BCUT2D eigenvalue weighted by molar-refractivity contribution is -0.113. The van der Waals surface area contributed by atoms with E-state index in [2.05, 4.69) is 24.1 Å². The minimum Gasteiger partial charge on any atom is -0.496 e. The molecule has 146 valence electrons. The third-order valence-electron chi connectivity index (χ3n) is 4.61. The number of imide groups is 1. The number of amides is 3. The monoisotopic (exact) mass is 399 g/mol. The average molecular weight is 400 g/mol. The molecule has 0 aromatic heterocycles. The molecule has 0 unspecified atom stereocenters. The molecular formula is C21H22ClN3O3. The van der Waals surface area contributed by atoms with Crippen molar-refractivity contribution in [2.75, 3.05) is 30.0 Å². The molecule has 3 rings (SSSR count). The van der Waals surface area contributed by atoms with Crippen LogP contribution in [0.4, 0.5) is 16.2 Å². The highest BCUT2D eigenvalue weighted by Gasteiger charge is 2.35. The first-order valence-electron chi connectivity index (χ1n) is 9.04. The van der Waals surface area contributed by atoms with Gasteiger partial charge in [0.15, 0.2) is 0 Å². The van der Waals surface area contributed by atoms with Crippen molar-refractivity contribution in [3.63, 3.8) is 0 Å². The van der Waals surface area contributed by atoms with Crippen molar-refractivity contribution < 1.29 is 14.3 Å². The summed E-state index contributed by atoms with van der Waals surface area (Å²) in [4.78, 5) is 28.4. The van der Waals surface area contributed by atoms with Gasteiger partial charge < -0.3 is 15.0 Å². The highest BCUT2D eigenvalue weighted by molar-refractivity contribution is 6.31. The van der Waals surface area contributed by atoms with Gasteiger partial charge in [-0.15, -0.1) is 0 Å². The Kier molecular flexibility index (Phi) is 5.90. The van der Waals surface area contributed by atoms with Gasteiger partial charge >= 0.3 is 6.03 Å². The molecule has 1 saturated heterocycles. The summed E-state index contributed by atoms with van der Waals surface area (Å²) in [7, 11) is 1.58. The molecule has 2 aromatic carbocycles. The van der Waals surface area contributed by atoms with Crippen LogP contribution in [0.15, 0.2) is 48.2 Å². The fourth-order valence-corrected chi connectivity index (χ4v) is 3.25. The van der Waals surface area contributed by atoms with E-state index in [1.807, 2.05) is 18.2 Å². The molecular weight excluding hydrogens is 378 g/mol. The van der Waals surface area contributed by atoms with Gasteiger partial charge in [0.25, 0.3) is 5.91 Å². The van der Waals surface area contributed by atoms with E-state index >= 15 is 0 Å². The predicted octanol–water partition coefficient (Wildman–Crippen LogP) is 4.29. The Bertz CT molecular complexity index is 921. The highest BCUT2D eigenvalue weighted by Crippen LogP contribution is 2.29. The molecule has 0 bridgehead atoms. The van der Waals surface area contributed by atoms with Crippen LogP contribution in [0.1, 0.15) is 19.4 Å². The molecule has 0 spiro atoms. The summed E-state index contributed by atoms with van der Waals surface area (Å²) in [6.07, 6.45) is 1.63. The molecule has 1 fully saturated rings. The fourth-order valence-electron chi connectivity index (χ4n) is 3.12. The van der Waals surface area contributed by atoms with Gasteiger partial charge in [-0.1, -0.05) is 11.6 Å². The average Bonchev–Trinajstić information content (AvgIpc) is 2.97. The number of nitrogens with zero attached hydrogens (tertiary/aromatic N) is 2. The number of hydrogen-bond donors (Lipinski definition) is 1. The molecule has 3 amide bonds. The zero-order valence-electron chi connectivity index (χ0n) is 16.0. The van der Waals surface area contributed by atoms with Gasteiger partial charge in [-0.3, -0.25) is 4.79 Å². The van der Waals surface area contributed by atoms with Crippen LogP contribution in [0.5, 0.6) is 5.75 Å². The maximum absolute atomic E-state index is 12.8. The molecule has 2 aromatic rings. The maximum atomic E-state index is 12.8. The summed E-state index contributed by atoms with van der Waals surface area (Å²) in [5.41, 5.74) is 2.39. The zero-order chi connectivity index (χ0) is 20.3. The normalized spacial score (nSPS) is 15.1. The minimum absolute atomic E-state index is 0.189. The van der Waals surface area contributed by atoms with E-state index in [-0.39, 0.29) is 5.70 Å². The number of urea groups is 1. The van der Waals surface area contributed by atoms with E-state index < -0.39 is 11.9 Å². The molecule has 7 heteroatoms. The number of carbonyl (C=O) groups is 2. The first-order chi connectivity index (χ1) is 13.5. The number of nitrogens with one attached hydrogen (secondary N) is 1. The highest BCUT2D eigenvalue weighted by atomic mass is 35.5. The molecule has 1 aliphatic rings. The molecule has 0 aliphatic carbocycles. The van der Waals surface area contributed by atoms with E-state index in [0.717, 1.165) is 23.7 Å². The summed E-state index contributed by atoms with van der Waals surface area (Å²) < 4.78 is 5.50. The Hall–Kier alpha value is -2.99. The number of rotatable bonds is 6. The van der Waals surface area contributed by atoms with Gasteiger partial charge in [-0.2, -0.15) is 0 Å². The molecule has 1 heterocycles. The molecule has 28 heavy (non-hydrogen) atoms. The molecule has 1 aliphatic heterocycles. The summed E-state index contributed by atoms with van der Waals surface area (Å²) in [5.74, 6) is 0.200. The second-order valence-corrected chi connectivity index (χ2v) is 6.64. The minimum atomic E-state index is -0.502. The second-order valence-electron chi connectivity index (χ2n) is 6.20. The van der Waals surface area contributed by atoms with Gasteiger partial charge in [0.1, 0.15) is 11.4 Å². The topological polar surface area (TPSA) is 61.9 Å². The SMILES string of the molecule is CCN(CC)c1ccc(/C=C2/NC(=O)N(c3ccc(Cl)cc3)C2=O)c(OC)c1. The van der Waals surface area contributed by atoms with Gasteiger partial charge in [0.2, 0.25) is 0 Å². The van der Waals surface area contributed by atoms with Gasteiger partial charge in [0.05, 0.1) is 12.8 Å². The lowest BCUT2D eigenvalue weighted by Gasteiger charge is -2.22. The van der Waals surface area contributed by atoms with Crippen LogP contribution >= 0.6 is 11.6 Å². The summed E-state index contributed by atoms with van der Waals surface area (Å²) in [6, 6.07) is 11.8. The number of ether oxygens (including phenoxy) is 1. The van der Waals surface area contributed by atoms with Crippen molar-refractivity contribution in [1.82, 2.24) is 5.32 Å². The summed E-state index contributed by atoms with van der Waals surface area (Å²) in [5, 5.41) is 3.16. The number of halogens is 1. The Morgan fingerprint density at radius 1 is 1.11 bits per heavy atom. The molecule has 0 radical (unpaired) electrons. The lowest BCUT2D eigenvalue weighted by atomic mass is 10.1. The van der Waals surface area contributed by atoms with Gasteiger partial charge in [0, 0.05) is 35.4 Å². The van der Waals surface area contributed by atoms with Crippen LogP contribution in [0, 0.1) is 0 Å². The number of benzene rings is 2. The van der Waals surface area contributed by atoms with Gasteiger partial charge in [-0.05, 0) is 56.3 Å². The maximum Gasteiger partial charge on any atom is 0.333 e. The third kappa shape index (κ3) is 3.82. The third-order valence-corrected chi connectivity index (χ3v) is 4.86. The first kappa shape index (κ1) is 19.8. The number of carbonyl (C=O) groups excluding carboxylic acids is 2. The molecule has 1 N–H and O–H groups in total. The van der Waals surface area contributed by atoms with Crippen LogP contribution in [0.2, 0.25) is 5.02 Å². The Morgan fingerprint density at radius 2 is 1.79 bits per heavy atom. The number of hydrogen-bond acceptors (Lipinski definition) is 4. The summed E-state index contributed by atoms with van der Waals surface area (Å²) >= 11 is 5.88. The predicted molar refractivity (Wildman–Crippen MR) is 112 cm³/mol. The van der Waals surface area contributed by atoms with E-state index in [0.29, 0.717) is 22.0 Å². The van der Waals surface area contributed by atoms with E-state index in [4.69, 9.17) is 16.3 Å². The lowest BCUT2D eigenvalue weighted by Crippen LogP contribution is -2.30. The summed E-state index contributed by atoms with van der Waals surface area (Å²) in [6.45, 7) is 5.93. The molecule has 0 saturated carbocycles. The largest absolute Gasteiger partial charge is 0.496 e. The van der Waals surface area contributed by atoms with Crippen LogP contribution in [0.25, 0.3) is 6.08 Å². The number of methoxy groups -OCH3 is 1. The van der Waals surface area contributed by atoms with Gasteiger partial charge in [-0.25, -0.2) is 9.69 Å². The van der Waals surface area contributed by atoms with Crippen molar-refractivity contribution in [1.29, 1.82) is 0 Å². The van der Waals surface area contributed by atoms with Crippen molar-refractivity contribution in [3.05, 3.63) is 58.7 Å². The fraction of sp³-hybridized carbons (Fsp3) is 0.238. The quantitative estimate of drug-likeness (QED) is 0.581. The van der Waals surface area contributed by atoms with Crippen molar-refractivity contribution in [2.24, 2.45) is 0 Å². The Balaban J connectivity index is 1.92.